The lowest BCUT2D eigenvalue weighted by atomic mass is 9.82. The zero-order valence-electron chi connectivity index (χ0n) is 22.4. The van der Waals surface area contributed by atoms with Crippen molar-refractivity contribution in [1.29, 1.82) is 0 Å². The third-order valence-corrected chi connectivity index (χ3v) is 7.06. The summed E-state index contributed by atoms with van der Waals surface area (Å²) in [6.07, 6.45) is 7.91. The van der Waals surface area contributed by atoms with Crippen LogP contribution in [0.15, 0.2) is 24.8 Å². The minimum absolute atomic E-state index is 0.256. The fourth-order valence-electron chi connectivity index (χ4n) is 3.41. The molecule has 2 aliphatic heterocycles. The Morgan fingerprint density at radius 3 is 1.89 bits per heavy atom. The van der Waals surface area contributed by atoms with Crippen LogP contribution in [0.4, 0.5) is 0 Å². The number of nitrogens with one attached hydrogen (secondary N) is 1. The number of hydrogen-bond acceptors (Lipinski definition) is 8. The molecule has 0 aliphatic carbocycles. The Hall–Kier alpha value is -2.14. The van der Waals surface area contributed by atoms with Crippen LogP contribution in [0.2, 0.25) is 0 Å². The molecule has 4 rings (SSSR count). The topological polar surface area (TPSA) is 110 Å². The van der Waals surface area contributed by atoms with Gasteiger partial charge in [-0.3, -0.25) is 14.6 Å². The van der Waals surface area contributed by atoms with Crippen molar-refractivity contribution in [3.05, 3.63) is 24.8 Å². The molecule has 192 valence electrons. The normalized spacial score (nSPS) is 21.5. The molecule has 2 aromatic heterocycles. The Morgan fingerprint density at radius 1 is 0.914 bits per heavy atom. The van der Waals surface area contributed by atoms with E-state index in [1.807, 2.05) is 66.3 Å². The first-order chi connectivity index (χ1) is 16.1. The van der Waals surface area contributed by atoms with Crippen molar-refractivity contribution in [2.75, 3.05) is 6.61 Å². The van der Waals surface area contributed by atoms with E-state index in [1.165, 1.54) is 6.92 Å². The molecule has 2 fully saturated rings. The Balaban J connectivity index is 0.000000211. The maximum Gasteiger partial charge on any atom is 0.498 e. The van der Waals surface area contributed by atoms with Crippen LogP contribution in [0.25, 0.3) is 0 Å². The Morgan fingerprint density at radius 2 is 1.43 bits per heavy atom. The fourth-order valence-corrected chi connectivity index (χ4v) is 3.41. The van der Waals surface area contributed by atoms with Gasteiger partial charge in [0.2, 0.25) is 0 Å². The van der Waals surface area contributed by atoms with Crippen molar-refractivity contribution >= 4 is 31.1 Å². The summed E-state index contributed by atoms with van der Waals surface area (Å²) in [7, 11) is -0.698. The average molecular weight is 488 g/mol. The van der Waals surface area contributed by atoms with Gasteiger partial charge in [-0.1, -0.05) is 0 Å². The van der Waals surface area contributed by atoms with Gasteiger partial charge in [-0.25, -0.2) is 0 Å². The first-order valence-corrected chi connectivity index (χ1v) is 12.0. The molecule has 0 amide bonds. The monoisotopic (exact) mass is 488 g/mol. The summed E-state index contributed by atoms with van der Waals surface area (Å²) >= 11 is 0. The highest BCUT2D eigenvalue weighted by Crippen LogP contribution is 2.37. The molecule has 10 nitrogen and oxygen atoms in total. The Bertz CT molecular complexity index is 958. The number of nitrogens with zero attached hydrogens (tertiary/aromatic N) is 3. The SMILES string of the molecule is CC(=O)OCCCn1cc(B2OC(C)(C)C(C)(C)O2)cn1.CC1(C)OB(c2cn[nH]c2)OC1(C)C. The fraction of sp³-hybridized carbons (Fsp3) is 0.696. The summed E-state index contributed by atoms with van der Waals surface area (Å²) in [5, 5.41) is 10.9. The predicted octanol–water partition coefficient (Wildman–Crippen LogP) is 1.84. The van der Waals surface area contributed by atoms with Gasteiger partial charge in [0.05, 0.1) is 29.0 Å². The molecule has 0 saturated carbocycles. The number of H-pyrrole nitrogens is 1. The van der Waals surface area contributed by atoms with Crippen molar-refractivity contribution in [2.24, 2.45) is 0 Å². The largest absolute Gasteiger partial charge is 0.498 e. The summed E-state index contributed by atoms with van der Waals surface area (Å²) in [6, 6.07) is 0. The highest BCUT2D eigenvalue weighted by molar-refractivity contribution is 6.62. The number of carbonyl (C=O) groups excluding carboxylic acids is 1. The van der Waals surface area contributed by atoms with Crippen LogP contribution in [-0.2, 0) is 34.7 Å². The van der Waals surface area contributed by atoms with E-state index in [1.54, 1.807) is 18.6 Å². The molecule has 0 radical (unpaired) electrons. The highest BCUT2D eigenvalue weighted by Gasteiger charge is 2.53. The second-order valence-corrected chi connectivity index (χ2v) is 10.9. The summed E-state index contributed by atoms with van der Waals surface area (Å²) in [6.45, 7) is 18.7. The number of aromatic amines is 1. The second-order valence-electron chi connectivity index (χ2n) is 10.9. The lowest BCUT2D eigenvalue weighted by Crippen LogP contribution is -2.41. The molecule has 0 spiro atoms. The minimum Gasteiger partial charge on any atom is -0.466 e. The molecular formula is C23H38B2N4O6. The van der Waals surface area contributed by atoms with Gasteiger partial charge in [-0.05, 0) is 55.4 Å². The van der Waals surface area contributed by atoms with Gasteiger partial charge < -0.3 is 23.4 Å². The number of carbonyl (C=O) groups is 1. The van der Waals surface area contributed by atoms with Gasteiger partial charge in [0, 0.05) is 55.6 Å². The first-order valence-electron chi connectivity index (χ1n) is 12.0. The van der Waals surface area contributed by atoms with Gasteiger partial charge >= 0.3 is 20.2 Å². The van der Waals surface area contributed by atoms with E-state index >= 15 is 0 Å². The van der Waals surface area contributed by atoms with Crippen LogP contribution < -0.4 is 10.9 Å². The number of aryl methyl sites for hydroxylation is 1. The number of rotatable bonds is 6. The van der Waals surface area contributed by atoms with Crippen molar-refractivity contribution < 1.29 is 28.1 Å². The van der Waals surface area contributed by atoms with Crippen molar-refractivity contribution in [1.82, 2.24) is 20.0 Å². The average Bonchev–Trinajstić information content (AvgIpc) is 3.47. The molecule has 35 heavy (non-hydrogen) atoms. The van der Waals surface area contributed by atoms with Gasteiger partial charge in [0.1, 0.15) is 0 Å². The first kappa shape index (κ1) is 27.4. The third kappa shape index (κ3) is 6.35. The van der Waals surface area contributed by atoms with E-state index in [2.05, 4.69) is 15.3 Å². The van der Waals surface area contributed by atoms with Crippen LogP contribution in [0.3, 0.4) is 0 Å². The van der Waals surface area contributed by atoms with Gasteiger partial charge in [-0.15, -0.1) is 0 Å². The van der Waals surface area contributed by atoms with E-state index in [9.17, 15) is 4.79 Å². The molecule has 0 unspecified atom stereocenters. The number of aromatic nitrogens is 4. The van der Waals surface area contributed by atoms with Gasteiger partial charge in [-0.2, -0.15) is 10.2 Å². The Kier molecular flexibility index (Phi) is 7.91. The van der Waals surface area contributed by atoms with E-state index in [-0.39, 0.29) is 35.5 Å². The quantitative estimate of drug-likeness (QED) is 0.373. The van der Waals surface area contributed by atoms with E-state index in [0.717, 1.165) is 17.3 Å². The van der Waals surface area contributed by atoms with Crippen LogP contribution in [0.5, 0.6) is 0 Å². The third-order valence-electron chi connectivity index (χ3n) is 7.06. The molecule has 4 heterocycles. The lowest BCUT2D eigenvalue weighted by Gasteiger charge is -2.32. The minimum atomic E-state index is -0.391. The Labute approximate surface area is 208 Å². The van der Waals surface area contributed by atoms with E-state index < -0.39 is 7.12 Å². The molecule has 1 N–H and O–H groups in total. The molecule has 2 saturated heterocycles. The zero-order chi connectivity index (χ0) is 26.1. The van der Waals surface area contributed by atoms with Crippen molar-refractivity contribution in [3.63, 3.8) is 0 Å². The van der Waals surface area contributed by atoms with Crippen molar-refractivity contribution in [2.45, 2.75) is 97.7 Å². The zero-order valence-corrected chi connectivity index (χ0v) is 22.4. The number of esters is 1. The van der Waals surface area contributed by atoms with Crippen LogP contribution in [0, 0.1) is 0 Å². The van der Waals surface area contributed by atoms with Crippen LogP contribution in [0.1, 0.15) is 68.7 Å². The summed E-state index contributed by atoms with van der Waals surface area (Å²) in [4.78, 5) is 10.7. The maximum absolute atomic E-state index is 10.7. The van der Waals surface area contributed by atoms with Gasteiger partial charge in [0.15, 0.2) is 0 Å². The molecule has 0 aromatic carbocycles. The second kappa shape index (κ2) is 10.1. The molecule has 2 aliphatic rings. The molecule has 2 aromatic rings. The van der Waals surface area contributed by atoms with E-state index in [4.69, 9.17) is 23.4 Å². The van der Waals surface area contributed by atoms with Crippen LogP contribution in [-0.4, -0.2) is 69.2 Å². The summed E-state index contributed by atoms with van der Waals surface area (Å²) < 4.78 is 30.3. The molecule has 0 bridgehead atoms. The highest BCUT2D eigenvalue weighted by atomic mass is 16.7. The van der Waals surface area contributed by atoms with E-state index in [0.29, 0.717) is 13.2 Å². The molecular weight excluding hydrogens is 450 g/mol. The van der Waals surface area contributed by atoms with Crippen molar-refractivity contribution in [3.8, 4) is 0 Å². The summed E-state index contributed by atoms with van der Waals surface area (Å²) in [5.74, 6) is -0.256. The summed E-state index contributed by atoms with van der Waals surface area (Å²) in [5.41, 5.74) is 0.568. The standard InChI is InChI=1S/C14H23BN2O4.C9H15BN2O2/c1-11(18)19-8-6-7-17-10-12(9-16-17)15-20-13(2,3)14(4,5)21-15;1-8(2)9(3,4)14-10(13-8)7-5-11-12-6-7/h9-10H,6-8H2,1-5H3;5-6H,1-4H3,(H,11,12). The lowest BCUT2D eigenvalue weighted by molar-refractivity contribution is -0.141. The number of hydrogen-bond donors (Lipinski definition) is 1. The number of ether oxygens (including phenoxy) is 1. The predicted molar refractivity (Wildman–Crippen MR) is 133 cm³/mol. The smallest absolute Gasteiger partial charge is 0.466 e. The molecule has 12 heteroatoms. The van der Waals surface area contributed by atoms with Crippen LogP contribution >= 0.6 is 0 Å². The van der Waals surface area contributed by atoms with Gasteiger partial charge in [0.25, 0.3) is 0 Å². The maximum atomic E-state index is 10.7. The molecule has 0 atom stereocenters.